The Labute approximate surface area is 138 Å². The summed E-state index contributed by atoms with van der Waals surface area (Å²) in [5.74, 6) is -0.166. The second-order valence-corrected chi connectivity index (χ2v) is 6.77. The van der Waals surface area contributed by atoms with E-state index in [4.69, 9.17) is 11.6 Å². The third kappa shape index (κ3) is 2.55. The van der Waals surface area contributed by atoms with Crippen LogP contribution in [0.5, 0.6) is 0 Å². The van der Waals surface area contributed by atoms with Crippen LogP contribution < -0.4 is 5.32 Å². The molecule has 0 aliphatic rings. The number of para-hydroxylation sites is 1. The van der Waals surface area contributed by atoms with Crippen molar-refractivity contribution in [1.29, 1.82) is 0 Å². The first kappa shape index (κ1) is 13.9. The molecule has 1 heterocycles. The molecule has 0 aliphatic carbocycles. The highest BCUT2D eigenvalue weighted by molar-refractivity contribution is 14.1. The Kier molecular flexibility index (Phi) is 3.96. The van der Waals surface area contributed by atoms with E-state index in [1.54, 1.807) is 0 Å². The summed E-state index contributed by atoms with van der Waals surface area (Å²) in [6, 6.07) is 15.4. The minimum absolute atomic E-state index is 0.166. The second-order valence-electron chi connectivity index (χ2n) is 4.18. The number of carbonyl (C=O) groups excluding carboxylic acids is 1. The normalized spacial score (nSPS) is 10.7. The summed E-state index contributed by atoms with van der Waals surface area (Å²) < 4.78 is 2.01. The third-order valence-electron chi connectivity index (χ3n) is 2.86. The molecule has 0 fully saturated rings. The van der Waals surface area contributed by atoms with Crippen molar-refractivity contribution < 1.29 is 4.79 Å². The number of hydrogen-bond acceptors (Lipinski definition) is 2. The van der Waals surface area contributed by atoms with Gasteiger partial charge in [0, 0.05) is 13.7 Å². The van der Waals surface area contributed by atoms with E-state index in [1.165, 1.54) is 11.3 Å². The molecular formula is C15H9ClINOS. The molecule has 1 N–H and O–H groups in total. The molecule has 100 valence electrons. The quantitative estimate of drug-likeness (QED) is 0.559. The van der Waals surface area contributed by atoms with Gasteiger partial charge in [0.2, 0.25) is 0 Å². The van der Waals surface area contributed by atoms with E-state index in [-0.39, 0.29) is 5.91 Å². The van der Waals surface area contributed by atoms with Gasteiger partial charge in [0.05, 0.1) is 10.7 Å². The van der Waals surface area contributed by atoms with Gasteiger partial charge >= 0.3 is 0 Å². The number of thiophene rings is 1. The zero-order valence-corrected chi connectivity index (χ0v) is 13.9. The van der Waals surface area contributed by atoms with Crippen LogP contribution in [0.25, 0.3) is 10.1 Å². The molecule has 0 bridgehead atoms. The predicted molar refractivity (Wildman–Crippen MR) is 93.9 cm³/mol. The molecule has 0 atom stereocenters. The smallest absolute Gasteiger partial charge is 0.267 e. The van der Waals surface area contributed by atoms with Crippen molar-refractivity contribution >= 4 is 67.2 Å². The summed E-state index contributed by atoms with van der Waals surface area (Å²) in [4.78, 5) is 12.9. The Morgan fingerprint density at radius 3 is 2.55 bits per heavy atom. The van der Waals surface area contributed by atoms with Crippen LogP contribution in [0.4, 0.5) is 5.69 Å². The van der Waals surface area contributed by atoms with Crippen LogP contribution in [0.2, 0.25) is 5.02 Å². The fourth-order valence-electron chi connectivity index (χ4n) is 1.90. The van der Waals surface area contributed by atoms with Crippen LogP contribution >= 0.6 is 45.5 Å². The molecule has 2 aromatic carbocycles. The summed E-state index contributed by atoms with van der Waals surface area (Å²) in [7, 11) is 0. The number of benzene rings is 2. The van der Waals surface area contributed by atoms with E-state index in [2.05, 4.69) is 27.9 Å². The van der Waals surface area contributed by atoms with Crippen molar-refractivity contribution in [1.82, 2.24) is 0 Å². The number of carbonyl (C=O) groups is 1. The fraction of sp³-hybridized carbons (Fsp3) is 0. The number of halogens is 2. The van der Waals surface area contributed by atoms with E-state index in [0.29, 0.717) is 9.90 Å². The number of amides is 1. The van der Waals surface area contributed by atoms with Crippen molar-refractivity contribution in [2.24, 2.45) is 0 Å². The van der Waals surface area contributed by atoms with Crippen LogP contribution in [0.1, 0.15) is 9.67 Å². The van der Waals surface area contributed by atoms with Gasteiger partial charge < -0.3 is 5.32 Å². The average Bonchev–Trinajstić information content (AvgIpc) is 2.79. The molecule has 0 spiro atoms. The topological polar surface area (TPSA) is 29.1 Å². The van der Waals surface area contributed by atoms with E-state index in [9.17, 15) is 4.79 Å². The molecule has 0 saturated carbocycles. The first-order valence-corrected chi connectivity index (χ1v) is 8.17. The van der Waals surface area contributed by atoms with Crippen LogP contribution in [0.3, 0.4) is 0 Å². The maximum absolute atomic E-state index is 12.4. The highest BCUT2D eigenvalue weighted by Gasteiger charge is 2.17. The van der Waals surface area contributed by atoms with Crippen LogP contribution in [0.15, 0.2) is 48.5 Å². The third-order valence-corrected chi connectivity index (χ3v) is 5.48. The molecule has 5 heteroatoms. The second kappa shape index (κ2) is 5.71. The lowest BCUT2D eigenvalue weighted by Gasteiger charge is -2.05. The minimum Gasteiger partial charge on any atom is -0.320 e. The molecule has 1 amide bonds. The zero-order valence-electron chi connectivity index (χ0n) is 10.2. The van der Waals surface area contributed by atoms with Gasteiger partial charge in [-0.2, -0.15) is 0 Å². The summed E-state index contributed by atoms with van der Waals surface area (Å²) in [6.07, 6.45) is 0. The van der Waals surface area contributed by atoms with Crippen molar-refractivity contribution in [3.8, 4) is 0 Å². The largest absolute Gasteiger partial charge is 0.320 e. The van der Waals surface area contributed by atoms with E-state index in [0.717, 1.165) is 19.3 Å². The lowest BCUT2D eigenvalue weighted by atomic mass is 10.2. The van der Waals surface area contributed by atoms with E-state index in [1.807, 2.05) is 48.5 Å². The molecule has 2 nitrogen and oxygen atoms in total. The highest BCUT2D eigenvalue weighted by atomic mass is 127. The Hall–Kier alpha value is -1.11. The number of fused-ring (bicyclic) bond motifs is 1. The van der Waals surface area contributed by atoms with Gasteiger partial charge in [-0.1, -0.05) is 41.9 Å². The molecule has 3 rings (SSSR count). The first-order chi connectivity index (χ1) is 9.66. The van der Waals surface area contributed by atoms with E-state index >= 15 is 0 Å². The molecule has 0 radical (unpaired) electrons. The Morgan fingerprint density at radius 2 is 1.80 bits per heavy atom. The zero-order chi connectivity index (χ0) is 14.1. The summed E-state index contributed by atoms with van der Waals surface area (Å²) >= 11 is 9.91. The minimum atomic E-state index is -0.166. The molecule has 20 heavy (non-hydrogen) atoms. The molecule has 0 unspecified atom stereocenters. The monoisotopic (exact) mass is 413 g/mol. The molecule has 0 aliphatic heterocycles. The van der Waals surface area contributed by atoms with Crippen LogP contribution in [-0.2, 0) is 0 Å². The Balaban J connectivity index is 1.97. The predicted octanol–water partition coefficient (Wildman–Crippen LogP) is 5.41. The lowest BCUT2D eigenvalue weighted by molar-refractivity contribution is 0.103. The Morgan fingerprint density at radius 1 is 1.10 bits per heavy atom. The first-order valence-electron chi connectivity index (χ1n) is 5.90. The summed E-state index contributed by atoms with van der Waals surface area (Å²) in [5, 5.41) is 4.35. The summed E-state index contributed by atoms with van der Waals surface area (Å²) in [5.41, 5.74) is 0.798. The molecule has 0 saturated heterocycles. The lowest BCUT2D eigenvalue weighted by Crippen LogP contribution is -2.11. The van der Waals surface area contributed by atoms with Crippen LogP contribution in [0, 0.1) is 3.57 Å². The average molecular weight is 414 g/mol. The van der Waals surface area contributed by atoms with Crippen molar-refractivity contribution in [3.05, 3.63) is 62.0 Å². The summed E-state index contributed by atoms with van der Waals surface area (Å²) in [6.45, 7) is 0. The molecule has 1 aromatic heterocycles. The van der Waals surface area contributed by atoms with Gasteiger partial charge in [-0.25, -0.2) is 0 Å². The van der Waals surface area contributed by atoms with Crippen molar-refractivity contribution in [2.75, 3.05) is 5.32 Å². The van der Waals surface area contributed by atoms with Crippen molar-refractivity contribution in [3.63, 3.8) is 0 Å². The van der Waals surface area contributed by atoms with Gasteiger partial charge in [-0.15, -0.1) is 11.3 Å². The van der Waals surface area contributed by atoms with Gasteiger partial charge in [0.25, 0.3) is 5.91 Å². The molecular weight excluding hydrogens is 405 g/mol. The maximum atomic E-state index is 12.4. The standard InChI is InChI=1S/C15H9ClINOS/c16-13-9-5-1-4-8-12(9)20-14(13)15(19)18-11-7-3-2-6-10(11)17/h1-8H,(H,18,19). The Bertz CT molecular complexity index is 799. The van der Waals surface area contributed by atoms with Gasteiger partial charge in [0.1, 0.15) is 4.88 Å². The number of hydrogen-bond donors (Lipinski definition) is 1. The fourth-order valence-corrected chi connectivity index (χ4v) is 3.84. The van der Waals surface area contributed by atoms with Crippen LogP contribution in [-0.4, -0.2) is 5.91 Å². The number of rotatable bonds is 2. The highest BCUT2D eigenvalue weighted by Crippen LogP contribution is 2.35. The SMILES string of the molecule is O=C(Nc1ccccc1I)c1sc2ccccc2c1Cl. The molecule has 3 aromatic rings. The van der Waals surface area contributed by atoms with Gasteiger partial charge in [-0.05, 0) is 40.8 Å². The van der Waals surface area contributed by atoms with E-state index < -0.39 is 0 Å². The van der Waals surface area contributed by atoms with Gasteiger partial charge in [0.15, 0.2) is 0 Å². The maximum Gasteiger partial charge on any atom is 0.267 e. The number of nitrogens with one attached hydrogen (secondary N) is 1. The number of anilines is 1. The van der Waals surface area contributed by atoms with Gasteiger partial charge in [-0.3, -0.25) is 4.79 Å². The van der Waals surface area contributed by atoms with Crippen molar-refractivity contribution in [2.45, 2.75) is 0 Å².